The molecule has 0 bridgehead atoms. The summed E-state index contributed by atoms with van der Waals surface area (Å²) in [5.41, 5.74) is 4.94. The number of carboxylic acids is 1. The SMILES string of the molecule is CC(C)C(C)C(=O)N[C@@H](CCC(N)=O)C(=O)O. The van der Waals surface area contributed by atoms with E-state index in [1.807, 2.05) is 13.8 Å². The number of nitrogens with one attached hydrogen (secondary N) is 1. The van der Waals surface area contributed by atoms with Gasteiger partial charge in [0.15, 0.2) is 0 Å². The standard InChI is InChI=1S/C11H20N2O4/c1-6(2)7(3)10(15)13-8(11(16)17)4-5-9(12)14/h6-8H,4-5H2,1-3H3,(H2,12,14)(H,13,15)(H,16,17)/t7?,8-/m0/s1. The van der Waals surface area contributed by atoms with Gasteiger partial charge in [-0.25, -0.2) is 4.79 Å². The highest BCUT2D eigenvalue weighted by molar-refractivity contribution is 5.85. The Hall–Kier alpha value is -1.59. The molecule has 0 spiro atoms. The van der Waals surface area contributed by atoms with Crippen molar-refractivity contribution in [3.63, 3.8) is 0 Å². The zero-order chi connectivity index (χ0) is 13.6. The first-order valence-electron chi connectivity index (χ1n) is 5.57. The third kappa shape index (κ3) is 5.89. The summed E-state index contributed by atoms with van der Waals surface area (Å²) in [6, 6.07) is -1.06. The summed E-state index contributed by atoms with van der Waals surface area (Å²) in [5.74, 6) is -2.21. The molecule has 6 heteroatoms. The molecule has 6 nitrogen and oxygen atoms in total. The molecule has 4 N–H and O–H groups in total. The maximum absolute atomic E-state index is 11.7. The van der Waals surface area contributed by atoms with Crippen LogP contribution in [0.5, 0.6) is 0 Å². The third-order valence-electron chi connectivity index (χ3n) is 2.71. The quantitative estimate of drug-likeness (QED) is 0.590. The monoisotopic (exact) mass is 244 g/mol. The highest BCUT2D eigenvalue weighted by Crippen LogP contribution is 2.10. The van der Waals surface area contributed by atoms with E-state index in [-0.39, 0.29) is 30.6 Å². The molecule has 0 aliphatic heterocycles. The van der Waals surface area contributed by atoms with Crippen LogP contribution in [-0.2, 0) is 14.4 Å². The van der Waals surface area contributed by atoms with Gasteiger partial charge in [0.2, 0.25) is 11.8 Å². The number of carbonyl (C=O) groups is 3. The van der Waals surface area contributed by atoms with Gasteiger partial charge in [-0.05, 0) is 12.3 Å². The second-order valence-electron chi connectivity index (χ2n) is 4.44. The predicted molar refractivity (Wildman–Crippen MR) is 62.0 cm³/mol. The van der Waals surface area contributed by atoms with Crippen LogP contribution in [-0.4, -0.2) is 28.9 Å². The number of amides is 2. The Labute approximate surface area is 101 Å². The fraction of sp³-hybridized carbons (Fsp3) is 0.727. The van der Waals surface area contributed by atoms with Crippen molar-refractivity contribution in [1.29, 1.82) is 0 Å². The number of aliphatic carboxylic acids is 1. The summed E-state index contributed by atoms with van der Waals surface area (Å²) in [6.07, 6.45) is -0.0471. The van der Waals surface area contributed by atoms with Crippen molar-refractivity contribution in [1.82, 2.24) is 5.32 Å². The largest absolute Gasteiger partial charge is 0.480 e. The number of nitrogens with two attached hydrogens (primary N) is 1. The molecule has 0 heterocycles. The lowest BCUT2D eigenvalue weighted by molar-refractivity contribution is -0.143. The Balaban J connectivity index is 4.39. The summed E-state index contributed by atoms with van der Waals surface area (Å²) in [5, 5.41) is 11.3. The van der Waals surface area contributed by atoms with Crippen LogP contribution < -0.4 is 11.1 Å². The second kappa shape index (κ2) is 6.88. The average molecular weight is 244 g/mol. The van der Waals surface area contributed by atoms with Gasteiger partial charge in [-0.2, -0.15) is 0 Å². The highest BCUT2D eigenvalue weighted by Gasteiger charge is 2.24. The molecule has 98 valence electrons. The molecule has 2 amide bonds. The maximum Gasteiger partial charge on any atom is 0.326 e. The minimum Gasteiger partial charge on any atom is -0.480 e. The van der Waals surface area contributed by atoms with Crippen LogP contribution >= 0.6 is 0 Å². The van der Waals surface area contributed by atoms with E-state index in [0.29, 0.717) is 0 Å². The zero-order valence-electron chi connectivity index (χ0n) is 10.4. The number of rotatable bonds is 7. The second-order valence-corrected chi connectivity index (χ2v) is 4.44. The molecule has 0 fully saturated rings. The van der Waals surface area contributed by atoms with E-state index in [1.165, 1.54) is 0 Å². The van der Waals surface area contributed by atoms with Crippen LogP contribution in [0.1, 0.15) is 33.6 Å². The number of primary amides is 1. The molecular formula is C11H20N2O4. The Morgan fingerprint density at radius 1 is 1.24 bits per heavy atom. The molecular weight excluding hydrogens is 224 g/mol. The lowest BCUT2D eigenvalue weighted by Crippen LogP contribution is -2.44. The van der Waals surface area contributed by atoms with Crippen LogP contribution in [0, 0.1) is 11.8 Å². The van der Waals surface area contributed by atoms with Crippen molar-refractivity contribution in [3.05, 3.63) is 0 Å². The van der Waals surface area contributed by atoms with Crippen LogP contribution in [0.15, 0.2) is 0 Å². The summed E-state index contributed by atoms with van der Waals surface area (Å²) >= 11 is 0. The summed E-state index contributed by atoms with van der Waals surface area (Å²) in [6.45, 7) is 5.49. The minimum absolute atomic E-state index is 0.0151. The summed E-state index contributed by atoms with van der Waals surface area (Å²) in [7, 11) is 0. The first-order valence-corrected chi connectivity index (χ1v) is 5.57. The van der Waals surface area contributed by atoms with E-state index < -0.39 is 17.9 Å². The fourth-order valence-corrected chi connectivity index (χ4v) is 1.15. The smallest absolute Gasteiger partial charge is 0.326 e. The van der Waals surface area contributed by atoms with E-state index in [4.69, 9.17) is 10.8 Å². The molecule has 1 unspecified atom stereocenters. The molecule has 0 aromatic rings. The number of hydrogen-bond donors (Lipinski definition) is 3. The van der Waals surface area contributed by atoms with Crippen molar-refractivity contribution >= 4 is 17.8 Å². The van der Waals surface area contributed by atoms with E-state index in [0.717, 1.165) is 0 Å². The van der Waals surface area contributed by atoms with E-state index in [9.17, 15) is 14.4 Å². The normalized spacial score (nSPS) is 14.1. The third-order valence-corrected chi connectivity index (χ3v) is 2.71. The van der Waals surface area contributed by atoms with Gasteiger partial charge < -0.3 is 16.2 Å². The highest BCUT2D eigenvalue weighted by atomic mass is 16.4. The average Bonchev–Trinajstić information content (AvgIpc) is 2.21. The molecule has 0 saturated carbocycles. The van der Waals surface area contributed by atoms with Crippen molar-refractivity contribution < 1.29 is 19.5 Å². The van der Waals surface area contributed by atoms with Crippen LogP contribution in [0.2, 0.25) is 0 Å². The molecule has 0 rings (SSSR count). The topological polar surface area (TPSA) is 109 Å². The van der Waals surface area contributed by atoms with Crippen molar-refractivity contribution in [2.45, 2.75) is 39.7 Å². The lowest BCUT2D eigenvalue weighted by atomic mass is 9.96. The van der Waals surface area contributed by atoms with Gasteiger partial charge in [0.05, 0.1) is 0 Å². The molecule has 0 aromatic heterocycles. The number of hydrogen-bond acceptors (Lipinski definition) is 3. The van der Waals surface area contributed by atoms with Gasteiger partial charge in [0.25, 0.3) is 0 Å². The van der Waals surface area contributed by atoms with E-state index in [2.05, 4.69) is 5.32 Å². The Morgan fingerprint density at radius 2 is 1.76 bits per heavy atom. The lowest BCUT2D eigenvalue weighted by Gasteiger charge is -2.19. The van der Waals surface area contributed by atoms with Crippen molar-refractivity contribution in [2.75, 3.05) is 0 Å². The first-order chi connectivity index (χ1) is 7.75. The van der Waals surface area contributed by atoms with Gasteiger partial charge in [0.1, 0.15) is 6.04 Å². The van der Waals surface area contributed by atoms with Gasteiger partial charge in [-0.1, -0.05) is 20.8 Å². The zero-order valence-corrected chi connectivity index (χ0v) is 10.4. The summed E-state index contributed by atoms with van der Waals surface area (Å²) < 4.78 is 0. The van der Waals surface area contributed by atoms with Crippen molar-refractivity contribution in [2.24, 2.45) is 17.6 Å². The molecule has 0 radical (unpaired) electrons. The van der Waals surface area contributed by atoms with Gasteiger partial charge in [-0.3, -0.25) is 9.59 Å². The fourth-order valence-electron chi connectivity index (χ4n) is 1.15. The first kappa shape index (κ1) is 15.4. The predicted octanol–water partition coefficient (Wildman–Crippen LogP) is 0.113. The minimum atomic E-state index is -1.16. The van der Waals surface area contributed by atoms with Crippen LogP contribution in [0.3, 0.4) is 0 Å². The maximum atomic E-state index is 11.7. The van der Waals surface area contributed by atoms with Crippen LogP contribution in [0.4, 0.5) is 0 Å². The van der Waals surface area contributed by atoms with Gasteiger partial charge in [0, 0.05) is 12.3 Å². The van der Waals surface area contributed by atoms with Gasteiger partial charge >= 0.3 is 5.97 Å². The Morgan fingerprint density at radius 3 is 2.12 bits per heavy atom. The number of carbonyl (C=O) groups excluding carboxylic acids is 2. The molecule has 17 heavy (non-hydrogen) atoms. The Kier molecular flexibility index (Phi) is 6.23. The molecule has 0 aliphatic rings. The molecule has 0 aliphatic carbocycles. The summed E-state index contributed by atoms with van der Waals surface area (Å²) in [4.78, 5) is 33.1. The van der Waals surface area contributed by atoms with E-state index >= 15 is 0 Å². The molecule has 0 saturated heterocycles. The Bertz CT molecular complexity index is 302. The van der Waals surface area contributed by atoms with E-state index in [1.54, 1.807) is 6.92 Å². The van der Waals surface area contributed by atoms with Gasteiger partial charge in [-0.15, -0.1) is 0 Å². The van der Waals surface area contributed by atoms with Crippen molar-refractivity contribution in [3.8, 4) is 0 Å². The van der Waals surface area contributed by atoms with Crippen LogP contribution in [0.25, 0.3) is 0 Å². The molecule has 0 aromatic carbocycles. The number of carboxylic acid groups (broad SMARTS) is 1. The molecule has 2 atom stereocenters.